The first kappa shape index (κ1) is 8.98. The first-order chi connectivity index (χ1) is 7.29. The van der Waals surface area contributed by atoms with E-state index >= 15 is 0 Å². The third-order valence-corrected chi connectivity index (χ3v) is 3.20. The van der Waals surface area contributed by atoms with Crippen LogP contribution in [0.3, 0.4) is 0 Å². The third-order valence-electron chi connectivity index (χ3n) is 3.20. The van der Waals surface area contributed by atoms with Crippen molar-refractivity contribution in [3.63, 3.8) is 0 Å². The molecule has 1 saturated carbocycles. The predicted octanol–water partition coefficient (Wildman–Crippen LogP) is 2.74. The van der Waals surface area contributed by atoms with Gasteiger partial charge >= 0.3 is 0 Å². The van der Waals surface area contributed by atoms with Crippen molar-refractivity contribution in [3.05, 3.63) is 35.5 Å². The van der Waals surface area contributed by atoms with Crippen LogP contribution in [0.4, 0.5) is 0 Å². The molecular weight excluding hydrogens is 184 g/mol. The van der Waals surface area contributed by atoms with Gasteiger partial charge in [0, 0.05) is 23.8 Å². The van der Waals surface area contributed by atoms with Gasteiger partial charge in [-0.25, -0.2) is 0 Å². The monoisotopic (exact) mass is 200 g/mol. The molecule has 0 saturated heterocycles. The molecule has 0 unspecified atom stereocenters. The lowest BCUT2D eigenvalue weighted by Crippen LogP contribution is -2.05. The number of aryl methyl sites for hydroxylation is 1. The zero-order valence-corrected chi connectivity index (χ0v) is 9.03. The highest BCUT2D eigenvalue weighted by molar-refractivity contribution is 5.82. The van der Waals surface area contributed by atoms with Crippen LogP contribution in [0.15, 0.2) is 24.3 Å². The van der Waals surface area contributed by atoms with Gasteiger partial charge in [0.1, 0.15) is 0 Å². The highest BCUT2D eigenvalue weighted by atomic mass is 15.1. The van der Waals surface area contributed by atoms with Gasteiger partial charge in [0.05, 0.1) is 0 Å². The lowest BCUT2D eigenvalue weighted by molar-refractivity contribution is 0.721. The summed E-state index contributed by atoms with van der Waals surface area (Å²) in [4.78, 5) is 0. The SMILES string of the molecule is Cc1ccc2cc(CN)n(C3CC3)c2c1. The smallest absolute Gasteiger partial charge is 0.0488 e. The first-order valence-electron chi connectivity index (χ1n) is 5.60. The molecule has 0 spiro atoms. The molecule has 1 fully saturated rings. The second-order valence-electron chi connectivity index (χ2n) is 4.50. The van der Waals surface area contributed by atoms with Crippen molar-refractivity contribution < 1.29 is 0 Å². The molecule has 3 rings (SSSR count). The maximum atomic E-state index is 5.80. The van der Waals surface area contributed by atoms with Gasteiger partial charge in [-0.05, 0) is 42.8 Å². The summed E-state index contributed by atoms with van der Waals surface area (Å²) < 4.78 is 2.43. The fourth-order valence-corrected chi connectivity index (χ4v) is 2.31. The number of aromatic nitrogens is 1. The fourth-order valence-electron chi connectivity index (χ4n) is 2.31. The zero-order valence-electron chi connectivity index (χ0n) is 9.03. The van der Waals surface area contributed by atoms with Gasteiger partial charge in [-0.2, -0.15) is 0 Å². The van der Waals surface area contributed by atoms with Gasteiger partial charge in [-0.3, -0.25) is 0 Å². The minimum Gasteiger partial charge on any atom is -0.340 e. The Morgan fingerprint density at radius 3 is 2.80 bits per heavy atom. The maximum absolute atomic E-state index is 5.80. The minimum atomic E-state index is 0.643. The molecule has 15 heavy (non-hydrogen) atoms. The average molecular weight is 200 g/mol. The van der Waals surface area contributed by atoms with Gasteiger partial charge in [-0.1, -0.05) is 12.1 Å². The van der Waals surface area contributed by atoms with Crippen LogP contribution in [-0.2, 0) is 6.54 Å². The molecule has 1 aromatic heterocycles. The Balaban J connectivity index is 2.30. The van der Waals surface area contributed by atoms with Crippen molar-refractivity contribution >= 4 is 10.9 Å². The van der Waals surface area contributed by atoms with E-state index in [0.29, 0.717) is 12.6 Å². The van der Waals surface area contributed by atoms with Crippen molar-refractivity contribution in [2.45, 2.75) is 32.4 Å². The first-order valence-corrected chi connectivity index (χ1v) is 5.60. The van der Waals surface area contributed by atoms with Gasteiger partial charge < -0.3 is 10.3 Å². The van der Waals surface area contributed by atoms with Crippen molar-refractivity contribution in [1.82, 2.24) is 4.57 Å². The summed E-state index contributed by atoms with van der Waals surface area (Å²) in [7, 11) is 0. The largest absolute Gasteiger partial charge is 0.340 e. The molecule has 1 heterocycles. The summed E-state index contributed by atoms with van der Waals surface area (Å²) in [6.45, 7) is 2.79. The lowest BCUT2D eigenvalue weighted by atomic mass is 10.2. The average Bonchev–Trinajstić information content (AvgIpc) is 2.99. The van der Waals surface area contributed by atoms with Crippen LogP contribution < -0.4 is 5.73 Å². The van der Waals surface area contributed by atoms with Crippen LogP contribution in [0.5, 0.6) is 0 Å². The minimum absolute atomic E-state index is 0.643. The summed E-state index contributed by atoms with van der Waals surface area (Å²) in [5.41, 5.74) is 9.76. The van der Waals surface area contributed by atoms with Crippen LogP contribution in [0.2, 0.25) is 0 Å². The van der Waals surface area contributed by atoms with Gasteiger partial charge in [-0.15, -0.1) is 0 Å². The lowest BCUT2D eigenvalue weighted by Gasteiger charge is -2.07. The normalized spacial score (nSPS) is 16.1. The fraction of sp³-hybridized carbons (Fsp3) is 0.385. The van der Waals surface area contributed by atoms with Crippen molar-refractivity contribution in [2.24, 2.45) is 5.73 Å². The van der Waals surface area contributed by atoms with E-state index in [0.717, 1.165) is 0 Å². The second-order valence-corrected chi connectivity index (χ2v) is 4.50. The molecule has 1 aromatic carbocycles. The number of nitrogens with two attached hydrogens (primary N) is 1. The Hall–Kier alpha value is -1.28. The number of rotatable bonds is 2. The number of hydrogen-bond donors (Lipinski definition) is 1. The van der Waals surface area contributed by atoms with Crippen molar-refractivity contribution in [1.29, 1.82) is 0 Å². The molecule has 2 N–H and O–H groups in total. The van der Waals surface area contributed by atoms with E-state index in [4.69, 9.17) is 5.73 Å². The van der Waals surface area contributed by atoms with Crippen LogP contribution in [0, 0.1) is 6.92 Å². The van der Waals surface area contributed by atoms with E-state index in [1.165, 1.54) is 35.0 Å². The molecule has 0 radical (unpaired) electrons. The Bertz CT molecular complexity index is 506. The molecular formula is C13H16N2. The standard InChI is InChI=1S/C13H16N2/c1-9-2-3-10-7-12(8-14)15(11-4-5-11)13(10)6-9/h2-3,6-7,11H,4-5,8,14H2,1H3. The highest BCUT2D eigenvalue weighted by Crippen LogP contribution is 2.39. The number of nitrogens with zero attached hydrogens (tertiary/aromatic N) is 1. The predicted molar refractivity (Wildman–Crippen MR) is 62.8 cm³/mol. The van der Waals surface area contributed by atoms with Crippen LogP contribution in [-0.4, -0.2) is 4.57 Å². The summed E-state index contributed by atoms with van der Waals surface area (Å²) in [6, 6.07) is 9.57. The van der Waals surface area contributed by atoms with E-state index in [9.17, 15) is 0 Å². The van der Waals surface area contributed by atoms with E-state index in [-0.39, 0.29) is 0 Å². The molecule has 0 bridgehead atoms. The van der Waals surface area contributed by atoms with Gasteiger partial charge in [0.15, 0.2) is 0 Å². The Labute approximate surface area is 89.7 Å². The van der Waals surface area contributed by atoms with E-state index in [1.807, 2.05) is 0 Å². The van der Waals surface area contributed by atoms with Crippen LogP contribution in [0.1, 0.15) is 30.1 Å². The van der Waals surface area contributed by atoms with E-state index in [2.05, 4.69) is 35.8 Å². The summed E-state index contributed by atoms with van der Waals surface area (Å²) in [5, 5.41) is 1.33. The Morgan fingerprint density at radius 1 is 1.33 bits per heavy atom. The molecule has 78 valence electrons. The second kappa shape index (κ2) is 3.11. The van der Waals surface area contributed by atoms with Crippen LogP contribution in [0.25, 0.3) is 10.9 Å². The molecule has 0 aliphatic heterocycles. The Morgan fingerprint density at radius 2 is 2.13 bits per heavy atom. The van der Waals surface area contributed by atoms with E-state index < -0.39 is 0 Å². The highest BCUT2D eigenvalue weighted by Gasteiger charge is 2.26. The van der Waals surface area contributed by atoms with E-state index in [1.54, 1.807) is 0 Å². The summed E-state index contributed by atoms with van der Waals surface area (Å²) >= 11 is 0. The van der Waals surface area contributed by atoms with Gasteiger partial charge in [0.2, 0.25) is 0 Å². The number of fused-ring (bicyclic) bond motifs is 1. The maximum Gasteiger partial charge on any atom is 0.0488 e. The molecule has 1 aliphatic rings. The van der Waals surface area contributed by atoms with Crippen LogP contribution >= 0.6 is 0 Å². The zero-order chi connectivity index (χ0) is 10.4. The van der Waals surface area contributed by atoms with Crippen molar-refractivity contribution in [2.75, 3.05) is 0 Å². The molecule has 1 aliphatic carbocycles. The molecule has 2 nitrogen and oxygen atoms in total. The summed E-state index contributed by atoms with van der Waals surface area (Å²) in [6.07, 6.45) is 2.62. The molecule has 2 aromatic rings. The van der Waals surface area contributed by atoms with Gasteiger partial charge in [0.25, 0.3) is 0 Å². The third kappa shape index (κ3) is 1.37. The molecule has 2 heteroatoms. The topological polar surface area (TPSA) is 30.9 Å². The quantitative estimate of drug-likeness (QED) is 0.794. The molecule has 0 atom stereocenters. The Kier molecular flexibility index (Phi) is 1.86. The summed E-state index contributed by atoms with van der Waals surface area (Å²) in [5.74, 6) is 0. The molecule has 0 amide bonds. The van der Waals surface area contributed by atoms with Crippen molar-refractivity contribution in [3.8, 4) is 0 Å². The number of hydrogen-bond acceptors (Lipinski definition) is 1. The number of benzene rings is 1.